The Bertz CT molecular complexity index is 1390. The summed E-state index contributed by atoms with van der Waals surface area (Å²) in [6, 6.07) is 16.9. The van der Waals surface area contributed by atoms with Crippen molar-refractivity contribution in [3.63, 3.8) is 0 Å². The Morgan fingerprint density at radius 3 is 2.33 bits per heavy atom. The predicted molar refractivity (Wildman–Crippen MR) is 150 cm³/mol. The van der Waals surface area contributed by atoms with Crippen molar-refractivity contribution < 1.29 is 33.4 Å². The van der Waals surface area contributed by atoms with E-state index in [0.29, 0.717) is 59.2 Å². The topological polar surface area (TPSA) is 132 Å². The highest BCUT2D eigenvalue weighted by Crippen LogP contribution is 2.28. The number of amides is 3. The number of aryl methyl sites for hydroxylation is 1. The lowest BCUT2D eigenvalue weighted by Crippen LogP contribution is -2.23. The van der Waals surface area contributed by atoms with Crippen LogP contribution in [0.5, 0.6) is 17.2 Å². The van der Waals surface area contributed by atoms with Gasteiger partial charge in [-0.15, -0.1) is 0 Å². The highest BCUT2D eigenvalue weighted by molar-refractivity contribution is 6.07. The zero-order chi connectivity index (χ0) is 29.1. The zero-order valence-electron chi connectivity index (χ0n) is 23.0. The van der Waals surface area contributed by atoms with Gasteiger partial charge >= 0.3 is 5.97 Å². The van der Waals surface area contributed by atoms with Crippen molar-refractivity contribution in [2.24, 2.45) is 0 Å². The second-order valence-electron chi connectivity index (χ2n) is 8.94. The molecule has 0 unspecified atom stereocenters. The Morgan fingerprint density at radius 2 is 1.60 bits per heavy atom. The van der Waals surface area contributed by atoms with Gasteiger partial charge in [-0.2, -0.15) is 0 Å². The van der Waals surface area contributed by atoms with Crippen LogP contribution in [-0.4, -0.2) is 44.0 Å². The van der Waals surface area contributed by atoms with Crippen LogP contribution in [-0.2, 0) is 16.1 Å². The molecule has 3 aromatic rings. The van der Waals surface area contributed by atoms with Crippen molar-refractivity contribution in [2.45, 2.75) is 33.7 Å². The minimum absolute atomic E-state index is 0.114. The molecule has 210 valence electrons. The van der Waals surface area contributed by atoms with Gasteiger partial charge in [0.25, 0.3) is 11.8 Å². The van der Waals surface area contributed by atoms with Gasteiger partial charge in [-0.3, -0.25) is 19.2 Å². The molecule has 3 rings (SSSR count). The number of hydrogen-bond donors (Lipinski definition) is 3. The maximum atomic E-state index is 13.1. The zero-order valence-corrected chi connectivity index (χ0v) is 23.0. The molecule has 3 N–H and O–H groups in total. The molecule has 0 aliphatic rings. The van der Waals surface area contributed by atoms with Crippen LogP contribution in [0.1, 0.15) is 52.1 Å². The van der Waals surface area contributed by atoms with Crippen molar-refractivity contribution in [2.75, 3.05) is 25.6 Å². The minimum Gasteiger partial charge on any atom is -0.495 e. The maximum absolute atomic E-state index is 13.1. The summed E-state index contributed by atoms with van der Waals surface area (Å²) in [5.41, 5.74) is 2.59. The number of carbonyl (C=O) groups excluding carboxylic acids is 4. The molecule has 0 saturated carbocycles. The van der Waals surface area contributed by atoms with Crippen LogP contribution in [0.15, 0.2) is 60.7 Å². The van der Waals surface area contributed by atoms with Gasteiger partial charge < -0.3 is 30.2 Å². The summed E-state index contributed by atoms with van der Waals surface area (Å²) in [6.45, 7) is 5.58. The van der Waals surface area contributed by atoms with Crippen LogP contribution < -0.4 is 30.2 Å². The fourth-order valence-electron chi connectivity index (χ4n) is 3.76. The second-order valence-corrected chi connectivity index (χ2v) is 8.94. The van der Waals surface area contributed by atoms with Crippen molar-refractivity contribution in [3.8, 4) is 17.2 Å². The lowest BCUT2D eigenvalue weighted by Gasteiger charge is -2.15. The van der Waals surface area contributed by atoms with Gasteiger partial charge in [-0.05, 0) is 55.3 Å². The van der Waals surface area contributed by atoms with Gasteiger partial charge in [0, 0.05) is 38.1 Å². The van der Waals surface area contributed by atoms with E-state index in [9.17, 15) is 19.2 Å². The summed E-state index contributed by atoms with van der Waals surface area (Å²) in [5, 5.41) is 8.32. The van der Waals surface area contributed by atoms with Crippen LogP contribution >= 0.6 is 0 Å². The molecule has 0 saturated heterocycles. The number of nitrogens with one attached hydrogen (secondary N) is 3. The standard InChI is InChI=1S/C30H33N3O7/c1-19-10-11-23(27(16-19)40-21(3)35)18-32-29(36)22-12-13-25(28(17-22)38-4)33-30(37)24-8-5-6-9-26(24)39-15-7-14-31-20(2)34/h5-6,8-13,16-17H,7,14-15,18H2,1-4H3,(H,31,34)(H,32,36)(H,33,37). The molecule has 0 aromatic heterocycles. The molecule has 0 bridgehead atoms. The van der Waals surface area contributed by atoms with Crippen LogP contribution in [0.3, 0.4) is 0 Å². The van der Waals surface area contributed by atoms with Crippen molar-refractivity contribution in [3.05, 3.63) is 82.9 Å². The largest absolute Gasteiger partial charge is 0.495 e. The quantitative estimate of drug-likeness (QED) is 0.177. The molecule has 40 heavy (non-hydrogen) atoms. The maximum Gasteiger partial charge on any atom is 0.308 e. The van der Waals surface area contributed by atoms with Crippen LogP contribution in [0, 0.1) is 6.92 Å². The van der Waals surface area contributed by atoms with Gasteiger partial charge in [0.2, 0.25) is 5.91 Å². The van der Waals surface area contributed by atoms with Crippen molar-refractivity contribution >= 4 is 29.4 Å². The predicted octanol–water partition coefficient (Wildman–Crippen LogP) is 4.02. The smallest absolute Gasteiger partial charge is 0.308 e. The lowest BCUT2D eigenvalue weighted by molar-refractivity contribution is -0.132. The molecular formula is C30H33N3O7. The molecule has 3 amide bonds. The van der Waals surface area contributed by atoms with Crippen molar-refractivity contribution in [1.29, 1.82) is 0 Å². The molecule has 3 aromatic carbocycles. The first-order chi connectivity index (χ1) is 19.2. The number of carbonyl (C=O) groups is 4. The number of anilines is 1. The summed E-state index contributed by atoms with van der Waals surface area (Å²) < 4.78 is 16.5. The normalized spacial score (nSPS) is 10.3. The van der Waals surface area contributed by atoms with E-state index in [-0.39, 0.29) is 18.4 Å². The first-order valence-electron chi connectivity index (χ1n) is 12.7. The highest BCUT2D eigenvalue weighted by Gasteiger charge is 2.17. The van der Waals surface area contributed by atoms with E-state index >= 15 is 0 Å². The summed E-state index contributed by atoms with van der Waals surface area (Å²) >= 11 is 0. The van der Waals surface area contributed by atoms with E-state index in [1.165, 1.54) is 27.0 Å². The number of ether oxygens (including phenoxy) is 3. The van der Waals surface area contributed by atoms with Crippen LogP contribution in [0.25, 0.3) is 0 Å². The summed E-state index contributed by atoms with van der Waals surface area (Å²) in [7, 11) is 1.44. The molecule has 0 atom stereocenters. The molecule has 0 aliphatic carbocycles. The van der Waals surface area contributed by atoms with Gasteiger partial charge in [0.15, 0.2) is 0 Å². The fourth-order valence-corrected chi connectivity index (χ4v) is 3.76. The first-order valence-corrected chi connectivity index (χ1v) is 12.7. The number of hydrogen-bond acceptors (Lipinski definition) is 7. The van der Waals surface area contributed by atoms with E-state index < -0.39 is 11.9 Å². The number of para-hydroxylation sites is 1. The minimum atomic E-state index is -0.448. The van der Waals surface area contributed by atoms with E-state index in [0.717, 1.165) is 5.56 Å². The van der Waals surface area contributed by atoms with E-state index in [1.807, 2.05) is 13.0 Å². The number of esters is 1. The summed E-state index contributed by atoms with van der Waals surface area (Å²) in [4.78, 5) is 48.4. The molecule has 0 aliphatic heterocycles. The molecule has 0 heterocycles. The average molecular weight is 548 g/mol. The molecule has 0 fully saturated rings. The van der Waals surface area contributed by atoms with Gasteiger partial charge in [-0.1, -0.05) is 24.3 Å². The van der Waals surface area contributed by atoms with Gasteiger partial charge in [-0.25, -0.2) is 0 Å². The molecule has 0 spiro atoms. The van der Waals surface area contributed by atoms with E-state index in [4.69, 9.17) is 14.2 Å². The fraction of sp³-hybridized carbons (Fsp3) is 0.267. The van der Waals surface area contributed by atoms with Crippen molar-refractivity contribution in [1.82, 2.24) is 10.6 Å². The molecule has 10 nitrogen and oxygen atoms in total. The summed E-state index contributed by atoms with van der Waals surface area (Å²) in [6.07, 6.45) is 0.585. The Balaban J connectivity index is 1.66. The first kappa shape index (κ1) is 29.7. The molecule has 10 heteroatoms. The Morgan fingerprint density at radius 1 is 0.825 bits per heavy atom. The Labute approximate surface area is 233 Å². The highest BCUT2D eigenvalue weighted by atomic mass is 16.5. The number of methoxy groups -OCH3 is 1. The average Bonchev–Trinajstić information content (AvgIpc) is 2.92. The van der Waals surface area contributed by atoms with Crippen LogP contribution in [0.2, 0.25) is 0 Å². The third kappa shape index (κ3) is 8.59. The third-order valence-electron chi connectivity index (χ3n) is 5.71. The van der Waals surface area contributed by atoms with Gasteiger partial charge in [0.1, 0.15) is 17.2 Å². The molecular weight excluding hydrogens is 514 g/mol. The lowest BCUT2D eigenvalue weighted by atomic mass is 10.1. The van der Waals surface area contributed by atoms with E-state index in [1.54, 1.807) is 48.5 Å². The Kier molecular flexibility index (Phi) is 10.6. The SMILES string of the molecule is COc1cc(C(=O)NCc2ccc(C)cc2OC(C)=O)ccc1NC(=O)c1ccccc1OCCCNC(C)=O. The molecule has 0 radical (unpaired) electrons. The van der Waals surface area contributed by atoms with E-state index in [2.05, 4.69) is 16.0 Å². The second kappa shape index (κ2) is 14.3. The van der Waals surface area contributed by atoms with Gasteiger partial charge in [0.05, 0.1) is 25.0 Å². The monoisotopic (exact) mass is 547 g/mol. The Hall–Kier alpha value is -4.86. The van der Waals surface area contributed by atoms with Crippen LogP contribution in [0.4, 0.5) is 5.69 Å². The summed E-state index contributed by atoms with van der Waals surface area (Å²) in [5.74, 6) is -0.254. The number of benzene rings is 3. The third-order valence-corrected chi connectivity index (χ3v) is 5.71. The number of rotatable bonds is 12.